The fourth-order valence-corrected chi connectivity index (χ4v) is 8.04. The number of benzene rings is 5. The van der Waals surface area contributed by atoms with Gasteiger partial charge in [-0.15, -0.1) is 10.2 Å². The van der Waals surface area contributed by atoms with Crippen molar-refractivity contribution in [3.05, 3.63) is 162 Å². The Labute approximate surface area is 300 Å². The van der Waals surface area contributed by atoms with E-state index >= 15 is 0 Å². The molecule has 5 heterocycles. The first-order valence-electron chi connectivity index (χ1n) is 17.5. The quantitative estimate of drug-likeness (QED) is 0.183. The molecule has 5 aromatic heterocycles. The lowest BCUT2D eigenvalue weighted by atomic mass is 10.0. The molecule has 0 bridgehead atoms. The maximum absolute atomic E-state index is 5.30. The molecule has 248 valence electrons. The summed E-state index contributed by atoms with van der Waals surface area (Å²) in [6.07, 6.45) is 0. The summed E-state index contributed by atoms with van der Waals surface area (Å²) < 4.78 is 6.60. The summed E-state index contributed by atoms with van der Waals surface area (Å²) in [6, 6.07) is 50.6. The Kier molecular flexibility index (Phi) is 6.70. The van der Waals surface area contributed by atoms with Gasteiger partial charge in [-0.25, -0.2) is 9.97 Å². The zero-order valence-corrected chi connectivity index (χ0v) is 29.0. The molecule has 0 unspecified atom stereocenters. The van der Waals surface area contributed by atoms with Crippen molar-refractivity contribution in [2.45, 2.75) is 20.8 Å². The van der Waals surface area contributed by atoms with Crippen molar-refractivity contribution in [3.8, 4) is 40.4 Å². The summed E-state index contributed by atoms with van der Waals surface area (Å²) in [7, 11) is 0. The van der Waals surface area contributed by atoms with Gasteiger partial charge in [-0.3, -0.25) is 13.7 Å². The molecule has 0 aliphatic rings. The van der Waals surface area contributed by atoms with Gasteiger partial charge >= 0.3 is 0 Å². The predicted molar refractivity (Wildman–Crippen MR) is 211 cm³/mol. The highest BCUT2D eigenvalue weighted by molar-refractivity contribution is 6.10. The average molecular weight is 672 g/mol. The van der Waals surface area contributed by atoms with Crippen LogP contribution in [0.15, 0.2) is 146 Å². The molecule has 0 amide bonds. The molecule has 0 aliphatic carbocycles. The summed E-state index contributed by atoms with van der Waals surface area (Å²) in [5.74, 6) is 2.93. The molecule has 7 heteroatoms. The highest BCUT2D eigenvalue weighted by Crippen LogP contribution is 2.36. The van der Waals surface area contributed by atoms with Crippen LogP contribution in [0, 0.1) is 20.8 Å². The van der Waals surface area contributed by atoms with Gasteiger partial charge in [0.25, 0.3) is 0 Å². The van der Waals surface area contributed by atoms with E-state index in [9.17, 15) is 0 Å². The van der Waals surface area contributed by atoms with Gasteiger partial charge in [0.15, 0.2) is 11.6 Å². The lowest BCUT2D eigenvalue weighted by Gasteiger charge is -2.17. The molecule has 0 N–H and O–H groups in total. The molecule has 0 radical (unpaired) electrons. The molecule has 52 heavy (non-hydrogen) atoms. The maximum Gasteiger partial charge on any atom is 0.187 e. The Morgan fingerprint density at radius 1 is 0.385 bits per heavy atom. The van der Waals surface area contributed by atoms with Gasteiger partial charge in [0, 0.05) is 21.5 Å². The minimum Gasteiger partial charge on any atom is -0.294 e. The third kappa shape index (κ3) is 4.52. The molecule has 0 saturated carbocycles. The van der Waals surface area contributed by atoms with Crippen LogP contribution >= 0.6 is 0 Å². The number of fused-ring (bicyclic) bond motifs is 6. The van der Waals surface area contributed by atoms with E-state index in [1.54, 1.807) is 0 Å². The van der Waals surface area contributed by atoms with Crippen LogP contribution in [0.25, 0.3) is 84.0 Å². The summed E-state index contributed by atoms with van der Waals surface area (Å²) in [5.41, 5.74) is 10.3. The zero-order chi connectivity index (χ0) is 34.9. The number of hydrogen-bond donors (Lipinski definition) is 0. The Morgan fingerprint density at radius 2 is 0.750 bits per heavy atom. The summed E-state index contributed by atoms with van der Waals surface area (Å²) >= 11 is 0. The topological polar surface area (TPSA) is 66.3 Å². The summed E-state index contributed by atoms with van der Waals surface area (Å²) in [5, 5.41) is 14.5. The van der Waals surface area contributed by atoms with E-state index in [2.05, 4.69) is 168 Å². The molecule has 10 aromatic rings. The van der Waals surface area contributed by atoms with Crippen LogP contribution < -0.4 is 0 Å². The van der Waals surface area contributed by atoms with Crippen molar-refractivity contribution in [2.24, 2.45) is 0 Å². The molecule has 0 saturated heterocycles. The molecule has 7 nitrogen and oxygen atoms in total. The second-order valence-electron chi connectivity index (χ2n) is 13.4. The number of pyridine rings is 2. The van der Waals surface area contributed by atoms with Crippen molar-refractivity contribution in [2.75, 3.05) is 0 Å². The summed E-state index contributed by atoms with van der Waals surface area (Å²) in [4.78, 5) is 10.6. The first-order valence-corrected chi connectivity index (χ1v) is 17.5. The van der Waals surface area contributed by atoms with Gasteiger partial charge in [0.05, 0.1) is 27.8 Å². The second-order valence-corrected chi connectivity index (χ2v) is 13.4. The van der Waals surface area contributed by atoms with Gasteiger partial charge in [-0.1, -0.05) is 103 Å². The Bertz CT molecular complexity index is 2710. The fraction of sp³-hybridized carbons (Fsp3) is 0.0667. The number of aryl methyl sites for hydroxylation is 3. The van der Waals surface area contributed by atoms with E-state index < -0.39 is 0 Å². The molecular formula is C45H33N7. The Morgan fingerprint density at radius 3 is 1.13 bits per heavy atom. The third-order valence-corrected chi connectivity index (χ3v) is 10.1. The SMILES string of the molecule is Cc1cc(C)c(-n2c(-c3cccc(-n4c5ccccc5c5ccccc54)n3)nnc2-c2cccc(-n3c4ccccc4c4ccccc43)n2)c(C)c1. The molecule has 0 spiro atoms. The minimum atomic E-state index is 0.650. The number of rotatable bonds is 5. The normalized spacial score (nSPS) is 11.8. The Hall–Kier alpha value is -6.86. The van der Waals surface area contributed by atoms with Gasteiger partial charge in [0.2, 0.25) is 0 Å². The van der Waals surface area contributed by atoms with E-state index in [4.69, 9.17) is 20.2 Å². The van der Waals surface area contributed by atoms with Crippen LogP contribution in [0.4, 0.5) is 0 Å². The molecule has 0 aliphatic heterocycles. The lowest BCUT2D eigenvalue weighted by molar-refractivity contribution is 0.997. The highest BCUT2D eigenvalue weighted by atomic mass is 15.3. The summed E-state index contributed by atoms with van der Waals surface area (Å²) in [6.45, 7) is 6.42. The molecular weight excluding hydrogens is 639 g/mol. The average Bonchev–Trinajstić information content (AvgIpc) is 3.85. The third-order valence-electron chi connectivity index (χ3n) is 10.1. The Balaban J connectivity index is 1.20. The van der Waals surface area contributed by atoms with Crippen LogP contribution in [-0.2, 0) is 0 Å². The molecule has 0 fully saturated rings. The van der Waals surface area contributed by atoms with Gasteiger partial charge in [0.1, 0.15) is 23.0 Å². The number of nitrogens with zero attached hydrogens (tertiary/aromatic N) is 7. The number of hydrogen-bond acceptors (Lipinski definition) is 4. The molecule has 10 rings (SSSR count). The molecule has 5 aromatic carbocycles. The van der Waals surface area contributed by atoms with E-state index in [1.807, 2.05) is 12.1 Å². The predicted octanol–water partition coefficient (Wildman–Crippen LogP) is 10.5. The van der Waals surface area contributed by atoms with E-state index in [0.29, 0.717) is 11.6 Å². The van der Waals surface area contributed by atoms with Crippen LogP contribution in [0.2, 0.25) is 0 Å². The lowest BCUT2D eigenvalue weighted by Crippen LogP contribution is -2.08. The van der Waals surface area contributed by atoms with Crippen molar-refractivity contribution < 1.29 is 0 Å². The van der Waals surface area contributed by atoms with Crippen molar-refractivity contribution in [3.63, 3.8) is 0 Å². The van der Waals surface area contributed by atoms with Crippen LogP contribution in [-0.4, -0.2) is 33.9 Å². The van der Waals surface area contributed by atoms with Gasteiger partial charge < -0.3 is 0 Å². The largest absolute Gasteiger partial charge is 0.294 e. The van der Waals surface area contributed by atoms with E-state index in [1.165, 1.54) is 27.1 Å². The van der Waals surface area contributed by atoms with Gasteiger partial charge in [-0.2, -0.15) is 0 Å². The number of para-hydroxylation sites is 4. The highest BCUT2D eigenvalue weighted by Gasteiger charge is 2.24. The van der Waals surface area contributed by atoms with Crippen molar-refractivity contribution >= 4 is 43.6 Å². The van der Waals surface area contributed by atoms with Crippen LogP contribution in [0.3, 0.4) is 0 Å². The van der Waals surface area contributed by atoms with Crippen molar-refractivity contribution in [1.29, 1.82) is 0 Å². The van der Waals surface area contributed by atoms with Crippen molar-refractivity contribution in [1.82, 2.24) is 33.9 Å². The van der Waals surface area contributed by atoms with E-state index in [-0.39, 0.29) is 0 Å². The fourth-order valence-electron chi connectivity index (χ4n) is 8.04. The molecule has 0 atom stereocenters. The second kappa shape index (κ2) is 11.6. The smallest absolute Gasteiger partial charge is 0.187 e. The van der Waals surface area contributed by atoms with Gasteiger partial charge in [-0.05, 0) is 80.4 Å². The standard InChI is InChI=1S/C45H33N7/c1-28-26-29(2)43(30(3)27-28)52-44(35-18-12-24-41(46-35)50-37-20-8-4-14-31(37)32-15-5-9-21-38(32)50)48-49-45(52)36-19-13-25-42(47-36)51-39-22-10-6-16-33(39)34-17-7-11-23-40(34)51/h4-27H,1-3H3. The first-order chi connectivity index (χ1) is 25.5. The van der Waals surface area contributed by atoms with E-state index in [0.717, 1.165) is 61.9 Å². The number of aromatic nitrogens is 7. The van der Waals surface area contributed by atoms with Crippen LogP contribution in [0.1, 0.15) is 16.7 Å². The zero-order valence-electron chi connectivity index (χ0n) is 29.0. The minimum absolute atomic E-state index is 0.650. The maximum atomic E-state index is 5.30. The first kappa shape index (κ1) is 30.0. The monoisotopic (exact) mass is 671 g/mol. The van der Waals surface area contributed by atoms with Crippen LogP contribution in [0.5, 0.6) is 0 Å².